The fourth-order valence-electron chi connectivity index (χ4n) is 7.04. The molecular weight excluding hydrogens is 601 g/mol. The van der Waals surface area contributed by atoms with Crippen LogP contribution < -0.4 is 0 Å². The molecule has 5 rings (SSSR count). The number of alkyl halides is 3. The highest BCUT2D eigenvalue weighted by Crippen LogP contribution is 2.67. The average molecular weight is 632 g/mol. The Labute approximate surface area is 250 Å². The molecule has 1 aromatic heterocycles. The summed E-state index contributed by atoms with van der Waals surface area (Å²) >= 11 is 12.2. The van der Waals surface area contributed by atoms with Crippen molar-refractivity contribution in [1.82, 2.24) is 14.7 Å². The van der Waals surface area contributed by atoms with E-state index in [0.717, 1.165) is 27.9 Å². The lowest BCUT2D eigenvalue weighted by Crippen LogP contribution is -2.44. The molecule has 228 valence electrons. The molecule has 0 bridgehead atoms. The third kappa shape index (κ3) is 5.20. The van der Waals surface area contributed by atoms with Crippen molar-refractivity contribution in [3.05, 3.63) is 51.0 Å². The van der Waals surface area contributed by atoms with Crippen LogP contribution in [0, 0.1) is 28.5 Å². The van der Waals surface area contributed by atoms with Crippen molar-refractivity contribution in [2.75, 3.05) is 6.54 Å². The van der Waals surface area contributed by atoms with Gasteiger partial charge in [-0.25, -0.2) is 4.39 Å². The summed E-state index contributed by atoms with van der Waals surface area (Å²) in [6.07, 6.45) is -2.48. The first-order chi connectivity index (χ1) is 19.5. The number of carboxylic acid groups (broad SMARTS) is 1. The molecule has 0 aliphatic heterocycles. The standard InChI is InChI=1S/C29H31Cl2F4N3O4/c1-27(2)17-10-15(11-18(17)27)37(13-21(39)22-19(30)4-5-20(32)23(22)31)25(40)16-12-36-38(24(16)29(33,34)35)14-6-8-28(3,9-7-14)26(41)42/h4-5,12,14-15,17-18H,6-11,13H2,1-3H3,(H,41,42)/t14?,15-,17+,18-,28?. The van der Waals surface area contributed by atoms with Gasteiger partial charge in [-0.3, -0.25) is 19.1 Å². The van der Waals surface area contributed by atoms with Gasteiger partial charge in [0.15, 0.2) is 11.5 Å². The lowest BCUT2D eigenvalue weighted by atomic mass is 9.74. The van der Waals surface area contributed by atoms with Gasteiger partial charge in [0.1, 0.15) is 5.82 Å². The molecule has 1 heterocycles. The van der Waals surface area contributed by atoms with E-state index in [1.54, 1.807) is 6.92 Å². The van der Waals surface area contributed by atoms with Crippen molar-refractivity contribution < 1.29 is 37.1 Å². The lowest BCUT2D eigenvalue weighted by Gasteiger charge is -2.35. The number of nitrogens with zero attached hydrogens (tertiary/aromatic N) is 3. The number of aromatic nitrogens is 2. The van der Waals surface area contributed by atoms with E-state index in [1.165, 1.54) is 0 Å². The summed E-state index contributed by atoms with van der Waals surface area (Å²) in [5.41, 5.74) is -3.28. The van der Waals surface area contributed by atoms with Gasteiger partial charge in [0.05, 0.1) is 45.4 Å². The smallest absolute Gasteiger partial charge is 0.433 e. The van der Waals surface area contributed by atoms with Crippen LogP contribution in [0.2, 0.25) is 10.0 Å². The van der Waals surface area contributed by atoms with E-state index in [1.807, 2.05) is 0 Å². The van der Waals surface area contributed by atoms with Crippen molar-refractivity contribution in [2.45, 2.75) is 77.6 Å². The molecule has 0 radical (unpaired) electrons. The van der Waals surface area contributed by atoms with E-state index in [9.17, 15) is 37.1 Å². The molecule has 1 aromatic carbocycles. The van der Waals surface area contributed by atoms with E-state index >= 15 is 0 Å². The number of hydrogen-bond donors (Lipinski definition) is 1. The third-order valence-electron chi connectivity index (χ3n) is 9.89. The maximum absolute atomic E-state index is 14.6. The molecule has 3 saturated carbocycles. The first-order valence-corrected chi connectivity index (χ1v) is 14.6. The van der Waals surface area contributed by atoms with E-state index < -0.39 is 70.0 Å². The van der Waals surface area contributed by atoms with Crippen LogP contribution in [0.5, 0.6) is 0 Å². The highest BCUT2D eigenvalue weighted by Gasteiger charge is 2.63. The van der Waals surface area contributed by atoms with Crippen LogP contribution >= 0.6 is 23.2 Å². The number of carboxylic acids is 1. The summed E-state index contributed by atoms with van der Waals surface area (Å²) < 4.78 is 58.6. The van der Waals surface area contributed by atoms with Gasteiger partial charge < -0.3 is 10.0 Å². The predicted octanol–water partition coefficient (Wildman–Crippen LogP) is 7.31. The number of amides is 1. The molecule has 1 N–H and O–H groups in total. The molecule has 0 spiro atoms. The minimum Gasteiger partial charge on any atom is -0.481 e. The third-order valence-corrected chi connectivity index (χ3v) is 10.6. The minimum atomic E-state index is -4.96. The highest BCUT2D eigenvalue weighted by atomic mass is 35.5. The number of carbonyl (C=O) groups excluding carboxylic acids is 2. The Hall–Kier alpha value is -2.66. The van der Waals surface area contributed by atoms with E-state index in [2.05, 4.69) is 18.9 Å². The maximum Gasteiger partial charge on any atom is 0.433 e. The molecule has 42 heavy (non-hydrogen) atoms. The summed E-state index contributed by atoms with van der Waals surface area (Å²) in [6, 6.07) is 0.868. The molecule has 7 nitrogen and oxygen atoms in total. The second-order valence-corrected chi connectivity index (χ2v) is 13.5. The number of halogens is 6. The van der Waals surface area contributed by atoms with Gasteiger partial charge in [0.2, 0.25) is 0 Å². The minimum absolute atomic E-state index is 0.0395. The number of carbonyl (C=O) groups is 3. The number of aliphatic carboxylic acids is 1. The Morgan fingerprint density at radius 1 is 1.10 bits per heavy atom. The topological polar surface area (TPSA) is 92.5 Å². The van der Waals surface area contributed by atoms with Crippen LogP contribution in [-0.2, 0) is 11.0 Å². The summed E-state index contributed by atoms with van der Waals surface area (Å²) in [6.45, 7) is 5.10. The molecule has 3 aliphatic rings. The number of fused-ring (bicyclic) bond motifs is 1. The molecule has 3 aliphatic carbocycles. The van der Waals surface area contributed by atoms with E-state index in [0.29, 0.717) is 12.8 Å². The monoisotopic (exact) mass is 631 g/mol. The van der Waals surface area contributed by atoms with Crippen molar-refractivity contribution in [3.63, 3.8) is 0 Å². The molecule has 1 amide bonds. The fraction of sp³-hybridized carbons (Fsp3) is 0.586. The van der Waals surface area contributed by atoms with Crippen LogP contribution in [0.4, 0.5) is 17.6 Å². The molecular formula is C29H31Cl2F4N3O4. The van der Waals surface area contributed by atoms with Gasteiger partial charge in [0.25, 0.3) is 5.91 Å². The van der Waals surface area contributed by atoms with Crippen LogP contribution in [0.3, 0.4) is 0 Å². The first kappa shape index (κ1) is 30.8. The largest absolute Gasteiger partial charge is 0.481 e. The zero-order valence-electron chi connectivity index (χ0n) is 23.3. The second-order valence-electron chi connectivity index (χ2n) is 12.7. The van der Waals surface area contributed by atoms with Crippen molar-refractivity contribution in [2.24, 2.45) is 22.7 Å². The van der Waals surface area contributed by atoms with Crippen molar-refractivity contribution >= 4 is 40.9 Å². The molecule has 13 heteroatoms. The summed E-state index contributed by atoms with van der Waals surface area (Å²) in [5.74, 6) is -3.20. The van der Waals surface area contributed by atoms with E-state index in [4.69, 9.17) is 23.2 Å². The SMILES string of the molecule is CC1(C(=O)O)CCC(n2ncc(C(=O)N(CC(=O)c3c(Cl)ccc(F)c3Cl)[C@H]3C[C@@H]4[C@H](C3)C4(C)C)c2C(F)(F)F)CC1. The molecule has 3 atom stereocenters. The zero-order valence-corrected chi connectivity index (χ0v) is 24.8. The van der Waals surface area contributed by atoms with Gasteiger partial charge in [-0.2, -0.15) is 18.3 Å². The maximum atomic E-state index is 14.6. The number of Topliss-reactive ketones (excluding diaryl/α,β-unsaturated/α-hetero) is 1. The second kappa shape index (κ2) is 10.5. The fourth-order valence-corrected chi connectivity index (χ4v) is 7.63. The van der Waals surface area contributed by atoms with Gasteiger partial charge >= 0.3 is 12.1 Å². The average Bonchev–Trinajstić information content (AvgIpc) is 3.33. The Kier molecular flexibility index (Phi) is 7.70. The highest BCUT2D eigenvalue weighted by molar-refractivity contribution is 6.40. The van der Waals surface area contributed by atoms with Gasteiger partial charge in [-0.05, 0) is 74.8 Å². The van der Waals surface area contributed by atoms with Crippen LogP contribution in [0.25, 0.3) is 0 Å². The van der Waals surface area contributed by atoms with Crippen molar-refractivity contribution in [1.29, 1.82) is 0 Å². The number of ketones is 1. The van der Waals surface area contributed by atoms with Gasteiger partial charge in [-0.15, -0.1) is 0 Å². The molecule has 2 aromatic rings. The Bertz CT molecular complexity index is 1430. The van der Waals surface area contributed by atoms with Crippen molar-refractivity contribution in [3.8, 4) is 0 Å². The predicted molar refractivity (Wildman–Crippen MR) is 146 cm³/mol. The van der Waals surface area contributed by atoms with Gasteiger partial charge in [-0.1, -0.05) is 37.0 Å². The van der Waals surface area contributed by atoms with Crippen LogP contribution in [0.1, 0.15) is 91.7 Å². The quantitative estimate of drug-likeness (QED) is 0.196. The number of hydrogen-bond acceptors (Lipinski definition) is 4. The molecule has 3 fully saturated rings. The normalized spacial score (nSPS) is 28.3. The number of rotatable bonds is 7. The first-order valence-electron chi connectivity index (χ1n) is 13.8. The Morgan fingerprint density at radius 2 is 1.69 bits per heavy atom. The summed E-state index contributed by atoms with van der Waals surface area (Å²) in [4.78, 5) is 40.1. The molecule has 0 unspecified atom stereocenters. The Morgan fingerprint density at radius 3 is 2.24 bits per heavy atom. The van der Waals surface area contributed by atoms with Gasteiger partial charge in [0, 0.05) is 6.04 Å². The lowest BCUT2D eigenvalue weighted by molar-refractivity contribution is -0.152. The summed E-state index contributed by atoms with van der Waals surface area (Å²) in [7, 11) is 0. The van der Waals surface area contributed by atoms with E-state index in [-0.39, 0.29) is 53.5 Å². The Balaban J connectivity index is 1.49. The zero-order chi connectivity index (χ0) is 30.9. The molecule has 0 saturated heterocycles. The van der Waals surface area contributed by atoms with Crippen LogP contribution in [0.15, 0.2) is 18.3 Å². The summed E-state index contributed by atoms with van der Waals surface area (Å²) in [5, 5.41) is 12.8. The number of benzene rings is 1. The van der Waals surface area contributed by atoms with Crippen LogP contribution in [-0.4, -0.2) is 50.0 Å².